The molecular weight excluding hydrogens is 661 g/mol. The van der Waals surface area contributed by atoms with Crippen LogP contribution in [0.4, 0.5) is 13.2 Å². The number of ether oxygens (including phenoxy) is 4. The third kappa shape index (κ3) is 12.2. The van der Waals surface area contributed by atoms with Gasteiger partial charge in [0.15, 0.2) is 0 Å². The molecule has 0 heterocycles. The highest BCUT2D eigenvalue weighted by molar-refractivity contribution is 5.97. The van der Waals surface area contributed by atoms with Crippen molar-refractivity contribution in [3.63, 3.8) is 0 Å². The van der Waals surface area contributed by atoms with Gasteiger partial charge in [-0.15, -0.1) is 0 Å². The van der Waals surface area contributed by atoms with Gasteiger partial charge in [0.05, 0.1) is 23.3 Å². The number of fused-ring (bicyclic) bond motifs is 1. The van der Waals surface area contributed by atoms with Crippen molar-refractivity contribution in [2.45, 2.75) is 96.8 Å². The summed E-state index contributed by atoms with van der Waals surface area (Å²) >= 11 is 0. The number of esters is 3. The van der Waals surface area contributed by atoms with E-state index in [4.69, 9.17) is 14.2 Å². The van der Waals surface area contributed by atoms with E-state index < -0.39 is 36.6 Å². The Labute approximate surface area is 297 Å². The molecule has 0 saturated heterocycles. The van der Waals surface area contributed by atoms with E-state index in [1.165, 1.54) is 37.8 Å². The number of unbranched alkanes of at least 4 members (excludes halogenated alkanes) is 8. The Bertz CT molecular complexity index is 1720. The maximum absolute atomic E-state index is 14.1. The molecule has 51 heavy (non-hydrogen) atoms. The molecule has 1 unspecified atom stereocenters. The van der Waals surface area contributed by atoms with Crippen molar-refractivity contribution in [3.8, 4) is 17.2 Å². The van der Waals surface area contributed by atoms with Crippen LogP contribution in [0.2, 0.25) is 0 Å². The quantitative estimate of drug-likeness (QED) is 0.0513. The fourth-order valence-corrected chi connectivity index (χ4v) is 5.33. The molecule has 0 fully saturated rings. The van der Waals surface area contributed by atoms with Crippen molar-refractivity contribution in [2.24, 2.45) is 0 Å². The molecular formula is C41H45F3O7. The standard InChI is InChI=1S/C41H45F3O7/c1-3-5-7-9-10-12-26-48-34-21-16-29(17-22-34)38(45)50-36-25-20-31-27-33(15-14-32(31)28-36)39(46)49-35-23-18-30(19-24-35)40(47)51-41(43,44)37(42)13-11-8-6-4-2/h14-25,27-28,37H,3-13,26H2,1-2H3. The van der Waals surface area contributed by atoms with Gasteiger partial charge in [-0.05, 0) is 96.4 Å². The molecule has 0 aliphatic heterocycles. The molecule has 272 valence electrons. The van der Waals surface area contributed by atoms with Crippen LogP contribution in [0.5, 0.6) is 17.2 Å². The minimum atomic E-state index is -4.26. The first-order valence-electron chi connectivity index (χ1n) is 17.7. The van der Waals surface area contributed by atoms with Crippen LogP contribution in [0.3, 0.4) is 0 Å². The second kappa shape index (κ2) is 19.5. The van der Waals surface area contributed by atoms with E-state index in [-0.39, 0.29) is 23.3 Å². The molecule has 0 amide bonds. The summed E-state index contributed by atoms with van der Waals surface area (Å²) < 4.78 is 63.2. The summed E-state index contributed by atoms with van der Waals surface area (Å²) in [6, 6.07) is 21.5. The number of alkyl halides is 3. The Kier molecular flexibility index (Phi) is 14.9. The average molecular weight is 707 g/mol. The van der Waals surface area contributed by atoms with Crippen LogP contribution in [0, 0.1) is 0 Å². The number of hydrogen-bond acceptors (Lipinski definition) is 7. The molecule has 0 radical (unpaired) electrons. The molecule has 4 aromatic rings. The number of hydrogen-bond donors (Lipinski definition) is 0. The van der Waals surface area contributed by atoms with Crippen LogP contribution in [-0.2, 0) is 4.74 Å². The summed E-state index contributed by atoms with van der Waals surface area (Å²) in [5, 5.41) is 1.40. The maximum Gasteiger partial charge on any atom is 0.432 e. The lowest BCUT2D eigenvalue weighted by Crippen LogP contribution is -2.35. The third-order valence-electron chi connectivity index (χ3n) is 8.32. The first kappa shape index (κ1) is 38.9. The third-order valence-corrected chi connectivity index (χ3v) is 8.32. The summed E-state index contributed by atoms with van der Waals surface area (Å²) in [6.45, 7) is 4.78. The molecule has 0 bridgehead atoms. The van der Waals surface area contributed by atoms with Gasteiger partial charge in [-0.2, -0.15) is 8.78 Å². The Morgan fingerprint density at radius 1 is 0.569 bits per heavy atom. The lowest BCUT2D eigenvalue weighted by Gasteiger charge is -2.20. The zero-order chi connectivity index (χ0) is 36.6. The highest BCUT2D eigenvalue weighted by Gasteiger charge is 2.44. The lowest BCUT2D eigenvalue weighted by molar-refractivity contribution is -0.240. The average Bonchev–Trinajstić information content (AvgIpc) is 3.13. The molecule has 4 rings (SSSR count). The van der Waals surface area contributed by atoms with Gasteiger partial charge < -0.3 is 18.9 Å². The van der Waals surface area contributed by atoms with Gasteiger partial charge in [0.1, 0.15) is 17.2 Å². The normalized spacial score (nSPS) is 11.9. The molecule has 0 saturated carbocycles. The maximum atomic E-state index is 14.1. The van der Waals surface area contributed by atoms with Crippen molar-refractivity contribution >= 4 is 28.7 Å². The molecule has 0 aliphatic rings. The van der Waals surface area contributed by atoms with Crippen molar-refractivity contribution in [1.29, 1.82) is 0 Å². The topological polar surface area (TPSA) is 88.1 Å². The number of carbonyl (C=O) groups excluding carboxylic acids is 3. The summed E-state index contributed by atoms with van der Waals surface area (Å²) in [5.74, 6) is -1.53. The van der Waals surface area contributed by atoms with Crippen LogP contribution in [-0.4, -0.2) is 36.8 Å². The van der Waals surface area contributed by atoms with Crippen molar-refractivity contribution in [2.75, 3.05) is 6.61 Å². The summed E-state index contributed by atoms with van der Waals surface area (Å²) in [5.41, 5.74) is 0.353. The Hall–Kier alpha value is -4.86. The zero-order valence-electron chi connectivity index (χ0n) is 29.1. The van der Waals surface area contributed by atoms with Crippen molar-refractivity contribution in [1.82, 2.24) is 0 Å². The molecule has 0 aliphatic carbocycles. The molecule has 4 aromatic carbocycles. The van der Waals surface area contributed by atoms with Crippen LogP contribution < -0.4 is 14.2 Å². The summed E-state index contributed by atoms with van der Waals surface area (Å²) in [4.78, 5) is 37.9. The Morgan fingerprint density at radius 3 is 1.75 bits per heavy atom. The van der Waals surface area contributed by atoms with E-state index in [0.717, 1.165) is 37.8 Å². The zero-order valence-corrected chi connectivity index (χ0v) is 29.1. The highest BCUT2D eigenvalue weighted by atomic mass is 19.3. The monoisotopic (exact) mass is 706 g/mol. The minimum absolute atomic E-state index is 0.0577. The first-order chi connectivity index (χ1) is 24.6. The molecule has 0 spiro atoms. The number of rotatable bonds is 20. The van der Waals surface area contributed by atoms with E-state index in [1.54, 1.807) is 60.7 Å². The highest BCUT2D eigenvalue weighted by Crippen LogP contribution is 2.29. The summed E-state index contributed by atoms with van der Waals surface area (Å²) in [7, 11) is 0. The van der Waals surface area contributed by atoms with E-state index >= 15 is 0 Å². The molecule has 0 aromatic heterocycles. The molecule has 0 N–H and O–H groups in total. The SMILES string of the molecule is CCCCCCCCOc1ccc(C(=O)Oc2ccc3cc(C(=O)Oc4ccc(C(=O)OC(F)(F)C(F)CCCCCC)cc4)ccc3c2)cc1. The van der Waals surface area contributed by atoms with E-state index in [9.17, 15) is 27.6 Å². The van der Waals surface area contributed by atoms with E-state index in [2.05, 4.69) is 11.7 Å². The van der Waals surface area contributed by atoms with Gasteiger partial charge in [-0.3, -0.25) is 0 Å². The van der Waals surface area contributed by atoms with E-state index in [1.807, 2.05) is 6.92 Å². The van der Waals surface area contributed by atoms with Gasteiger partial charge in [-0.1, -0.05) is 83.8 Å². The number of carbonyl (C=O) groups is 3. The smallest absolute Gasteiger partial charge is 0.432 e. The number of benzene rings is 4. The molecule has 7 nitrogen and oxygen atoms in total. The second-order valence-electron chi connectivity index (χ2n) is 12.4. The second-order valence-corrected chi connectivity index (χ2v) is 12.4. The predicted octanol–water partition coefficient (Wildman–Crippen LogP) is 11.1. The van der Waals surface area contributed by atoms with Crippen LogP contribution >= 0.6 is 0 Å². The first-order valence-corrected chi connectivity index (χ1v) is 17.7. The van der Waals surface area contributed by atoms with Gasteiger partial charge in [0.2, 0.25) is 6.17 Å². The lowest BCUT2D eigenvalue weighted by atomic mass is 10.1. The fraction of sp³-hybridized carbons (Fsp3) is 0.390. The minimum Gasteiger partial charge on any atom is -0.494 e. The van der Waals surface area contributed by atoms with Crippen LogP contribution in [0.1, 0.15) is 116 Å². The van der Waals surface area contributed by atoms with Gasteiger partial charge >= 0.3 is 24.0 Å². The van der Waals surface area contributed by atoms with Gasteiger partial charge in [0, 0.05) is 0 Å². The Morgan fingerprint density at radius 2 is 1.06 bits per heavy atom. The van der Waals surface area contributed by atoms with Gasteiger partial charge in [-0.25, -0.2) is 18.8 Å². The summed E-state index contributed by atoms with van der Waals surface area (Å²) in [6.07, 6.45) is 2.36. The number of halogens is 3. The predicted molar refractivity (Wildman–Crippen MR) is 190 cm³/mol. The van der Waals surface area contributed by atoms with Crippen LogP contribution in [0.25, 0.3) is 10.8 Å². The largest absolute Gasteiger partial charge is 0.494 e. The molecule has 1 atom stereocenters. The fourth-order valence-electron chi connectivity index (χ4n) is 5.33. The van der Waals surface area contributed by atoms with E-state index in [0.29, 0.717) is 40.9 Å². The van der Waals surface area contributed by atoms with Crippen molar-refractivity contribution in [3.05, 3.63) is 102 Å². The Balaban J connectivity index is 1.27. The van der Waals surface area contributed by atoms with Crippen molar-refractivity contribution < 1.29 is 46.5 Å². The van der Waals surface area contributed by atoms with Gasteiger partial charge in [0.25, 0.3) is 0 Å². The van der Waals surface area contributed by atoms with Crippen LogP contribution in [0.15, 0.2) is 84.9 Å². The molecule has 10 heteroatoms.